The Morgan fingerprint density at radius 3 is 2.59 bits per heavy atom. The molecule has 1 aliphatic heterocycles. The third kappa shape index (κ3) is 2.52. The van der Waals surface area contributed by atoms with Gasteiger partial charge in [-0.3, -0.25) is 14.4 Å². The molecule has 2 amide bonds. The van der Waals surface area contributed by atoms with Gasteiger partial charge in [0.2, 0.25) is 6.41 Å². The van der Waals surface area contributed by atoms with E-state index in [9.17, 15) is 14.4 Å². The molecule has 0 spiro atoms. The lowest BCUT2D eigenvalue weighted by Gasteiger charge is -2.32. The number of piperazine rings is 1. The largest absolute Gasteiger partial charge is 0.357 e. The molecular formula is C11H13N3O3. The second-order valence-electron chi connectivity index (χ2n) is 3.87. The Kier molecular flexibility index (Phi) is 3.22. The van der Waals surface area contributed by atoms with E-state index in [-0.39, 0.29) is 17.0 Å². The van der Waals surface area contributed by atoms with Gasteiger partial charge in [-0.15, -0.1) is 0 Å². The van der Waals surface area contributed by atoms with Crippen molar-refractivity contribution >= 4 is 12.3 Å². The van der Waals surface area contributed by atoms with Gasteiger partial charge in [0, 0.05) is 44.5 Å². The molecule has 6 nitrogen and oxygen atoms in total. The predicted octanol–water partition coefficient (Wildman–Crippen LogP) is -0.711. The number of pyridine rings is 1. The average Bonchev–Trinajstić information content (AvgIpc) is 2.38. The van der Waals surface area contributed by atoms with E-state index in [1.165, 1.54) is 18.3 Å². The molecule has 2 heterocycles. The fraction of sp³-hybridized carbons (Fsp3) is 0.364. The summed E-state index contributed by atoms with van der Waals surface area (Å²) < 4.78 is 0. The highest BCUT2D eigenvalue weighted by Crippen LogP contribution is 2.04. The summed E-state index contributed by atoms with van der Waals surface area (Å²) >= 11 is 0. The van der Waals surface area contributed by atoms with Crippen LogP contribution in [0.25, 0.3) is 0 Å². The Bertz CT molecular complexity index is 475. The van der Waals surface area contributed by atoms with Crippen molar-refractivity contribution in [2.24, 2.45) is 0 Å². The second kappa shape index (κ2) is 4.82. The van der Waals surface area contributed by atoms with E-state index in [0.29, 0.717) is 26.2 Å². The Balaban J connectivity index is 2.06. The molecule has 0 atom stereocenters. The number of aromatic amines is 1. The summed E-state index contributed by atoms with van der Waals surface area (Å²) in [5.41, 5.74) is 0.0932. The van der Waals surface area contributed by atoms with Crippen molar-refractivity contribution < 1.29 is 9.59 Å². The predicted molar refractivity (Wildman–Crippen MR) is 60.6 cm³/mol. The van der Waals surface area contributed by atoms with Crippen LogP contribution in [-0.2, 0) is 4.79 Å². The van der Waals surface area contributed by atoms with Gasteiger partial charge in [0.05, 0.1) is 0 Å². The van der Waals surface area contributed by atoms with E-state index in [2.05, 4.69) is 4.98 Å². The summed E-state index contributed by atoms with van der Waals surface area (Å²) in [5.74, 6) is -0.201. The fourth-order valence-electron chi connectivity index (χ4n) is 1.77. The highest BCUT2D eigenvalue weighted by Gasteiger charge is 2.21. The molecule has 0 bridgehead atoms. The van der Waals surface area contributed by atoms with E-state index in [4.69, 9.17) is 0 Å². The lowest BCUT2D eigenvalue weighted by atomic mass is 10.2. The number of aromatic nitrogens is 1. The number of hydrogen-bond donors (Lipinski definition) is 1. The SMILES string of the molecule is O=CN1CCN(C(=O)c2cc(=O)cc[nH]2)CC1. The second-order valence-corrected chi connectivity index (χ2v) is 3.87. The lowest BCUT2D eigenvalue weighted by Crippen LogP contribution is -2.48. The van der Waals surface area contributed by atoms with Crippen LogP contribution in [0.1, 0.15) is 10.5 Å². The van der Waals surface area contributed by atoms with Crippen molar-refractivity contribution in [1.82, 2.24) is 14.8 Å². The summed E-state index contributed by atoms with van der Waals surface area (Å²) in [4.78, 5) is 39.7. The van der Waals surface area contributed by atoms with Crippen LogP contribution in [0, 0.1) is 0 Å². The van der Waals surface area contributed by atoms with Crippen LogP contribution in [0.4, 0.5) is 0 Å². The highest BCUT2D eigenvalue weighted by atomic mass is 16.2. The first-order chi connectivity index (χ1) is 8.20. The third-order valence-corrected chi connectivity index (χ3v) is 2.75. The van der Waals surface area contributed by atoms with Crippen LogP contribution in [0.5, 0.6) is 0 Å². The van der Waals surface area contributed by atoms with Gasteiger partial charge < -0.3 is 14.8 Å². The molecule has 0 radical (unpaired) electrons. The number of carbonyl (C=O) groups excluding carboxylic acids is 2. The molecule has 1 aromatic heterocycles. The molecule has 0 saturated carbocycles. The van der Waals surface area contributed by atoms with Crippen molar-refractivity contribution in [1.29, 1.82) is 0 Å². The molecule has 1 saturated heterocycles. The van der Waals surface area contributed by atoms with Gasteiger partial charge in [-0.1, -0.05) is 0 Å². The van der Waals surface area contributed by atoms with Crippen molar-refractivity contribution in [2.75, 3.05) is 26.2 Å². The molecule has 0 aliphatic carbocycles. The van der Waals surface area contributed by atoms with Crippen molar-refractivity contribution in [3.05, 3.63) is 34.2 Å². The Labute approximate surface area is 97.8 Å². The molecule has 1 N–H and O–H groups in total. The number of nitrogens with zero attached hydrogens (tertiary/aromatic N) is 2. The van der Waals surface area contributed by atoms with Crippen LogP contribution in [-0.4, -0.2) is 53.3 Å². The van der Waals surface area contributed by atoms with Crippen LogP contribution in [0.15, 0.2) is 23.1 Å². The zero-order valence-electron chi connectivity index (χ0n) is 9.26. The van der Waals surface area contributed by atoms with E-state index < -0.39 is 0 Å². The normalized spacial score (nSPS) is 15.8. The summed E-state index contributed by atoms with van der Waals surface area (Å²) in [7, 11) is 0. The van der Waals surface area contributed by atoms with Crippen LogP contribution >= 0.6 is 0 Å². The van der Waals surface area contributed by atoms with Gasteiger partial charge in [-0.25, -0.2) is 0 Å². The smallest absolute Gasteiger partial charge is 0.270 e. The Morgan fingerprint density at radius 2 is 2.00 bits per heavy atom. The molecule has 1 aromatic rings. The van der Waals surface area contributed by atoms with Crippen molar-refractivity contribution in [3.63, 3.8) is 0 Å². The topological polar surface area (TPSA) is 73.5 Å². The van der Waals surface area contributed by atoms with Gasteiger partial charge in [0.15, 0.2) is 5.43 Å². The number of carbonyl (C=O) groups is 2. The lowest BCUT2D eigenvalue weighted by molar-refractivity contribution is -0.119. The molecule has 6 heteroatoms. The minimum Gasteiger partial charge on any atom is -0.357 e. The Hall–Kier alpha value is -2.11. The number of hydrogen-bond acceptors (Lipinski definition) is 3. The monoisotopic (exact) mass is 235 g/mol. The van der Waals surface area contributed by atoms with E-state index in [1.807, 2.05) is 0 Å². The maximum atomic E-state index is 12.0. The maximum absolute atomic E-state index is 12.0. The summed E-state index contributed by atoms with van der Waals surface area (Å²) in [6.45, 7) is 2.06. The fourth-order valence-corrected chi connectivity index (χ4v) is 1.77. The summed E-state index contributed by atoms with van der Waals surface area (Å²) in [6, 6.07) is 2.65. The van der Waals surface area contributed by atoms with Crippen LogP contribution < -0.4 is 5.43 Å². The minimum absolute atomic E-state index is 0.196. The number of rotatable bonds is 2. The van der Waals surface area contributed by atoms with Gasteiger partial charge >= 0.3 is 0 Å². The van der Waals surface area contributed by atoms with Gasteiger partial charge in [0.1, 0.15) is 5.69 Å². The first-order valence-electron chi connectivity index (χ1n) is 5.38. The molecule has 0 aromatic carbocycles. The third-order valence-electron chi connectivity index (χ3n) is 2.75. The molecule has 90 valence electrons. The average molecular weight is 235 g/mol. The van der Waals surface area contributed by atoms with E-state index in [1.54, 1.807) is 9.80 Å². The number of H-pyrrole nitrogens is 1. The quantitative estimate of drug-likeness (QED) is 0.688. The zero-order chi connectivity index (χ0) is 12.3. The van der Waals surface area contributed by atoms with Crippen molar-refractivity contribution in [2.45, 2.75) is 0 Å². The Morgan fingerprint density at radius 1 is 1.29 bits per heavy atom. The summed E-state index contributed by atoms with van der Waals surface area (Å²) in [5, 5.41) is 0. The molecule has 1 aliphatic rings. The van der Waals surface area contributed by atoms with Crippen molar-refractivity contribution in [3.8, 4) is 0 Å². The van der Waals surface area contributed by atoms with E-state index in [0.717, 1.165) is 6.41 Å². The molecule has 17 heavy (non-hydrogen) atoms. The minimum atomic E-state index is -0.201. The molecular weight excluding hydrogens is 222 g/mol. The summed E-state index contributed by atoms with van der Waals surface area (Å²) in [6.07, 6.45) is 2.24. The first-order valence-corrected chi connectivity index (χ1v) is 5.38. The molecule has 0 unspecified atom stereocenters. The van der Waals surface area contributed by atoms with Crippen LogP contribution in [0.2, 0.25) is 0 Å². The zero-order valence-corrected chi connectivity index (χ0v) is 9.26. The van der Waals surface area contributed by atoms with Crippen LogP contribution in [0.3, 0.4) is 0 Å². The standard InChI is InChI=1S/C11H13N3O3/c15-8-13-3-5-14(6-4-13)11(17)10-7-9(16)1-2-12-10/h1-2,7-8H,3-6H2,(H,12,16). The van der Waals surface area contributed by atoms with E-state index >= 15 is 0 Å². The van der Waals surface area contributed by atoms with Gasteiger partial charge in [-0.2, -0.15) is 0 Å². The molecule has 1 fully saturated rings. The number of amides is 2. The number of nitrogens with one attached hydrogen (secondary N) is 1. The maximum Gasteiger partial charge on any atom is 0.270 e. The molecule has 2 rings (SSSR count). The highest BCUT2D eigenvalue weighted by molar-refractivity contribution is 5.92. The first kappa shape index (κ1) is 11.4. The van der Waals surface area contributed by atoms with Gasteiger partial charge in [-0.05, 0) is 0 Å². The van der Waals surface area contributed by atoms with Gasteiger partial charge in [0.25, 0.3) is 5.91 Å².